The van der Waals surface area contributed by atoms with E-state index in [9.17, 15) is 0 Å². The molecule has 2 aromatic heterocycles. The topological polar surface area (TPSA) is 39.9 Å². The van der Waals surface area contributed by atoms with Gasteiger partial charge in [-0.25, -0.2) is 4.98 Å². The van der Waals surface area contributed by atoms with Crippen LogP contribution in [0.3, 0.4) is 0 Å². The number of pyridine rings is 1. The molecule has 0 fully saturated rings. The lowest BCUT2D eigenvalue weighted by Gasteiger charge is -2.02. The normalized spacial score (nSPS) is 10.8. The van der Waals surface area contributed by atoms with Gasteiger partial charge in [-0.1, -0.05) is 0 Å². The lowest BCUT2D eigenvalue weighted by Crippen LogP contribution is -1.98. The molecule has 0 unspecified atom stereocenters. The minimum Gasteiger partial charge on any atom is -0.481 e. The van der Waals surface area contributed by atoms with Crippen molar-refractivity contribution in [1.29, 1.82) is 0 Å². The van der Waals surface area contributed by atoms with Crippen LogP contribution < -0.4 is 4.74 Å². The molecule has 2 aromatic rings. The Morgan fingerprint density at radius 1 is 1.36 bits per heavy atom. The van der Waals surface area contributed by atoms with E-state index in [4.69, 9.17) is 4.74 Å². The molecule has 0 spiro atoms. The number of fused-ring (bicyclic) bond motifs is 1. The molecule has 0 amide bonds. The first-order valence-corrected chi connectivity index (χ1v) is 4.64. The lowest BCUT2D eigenvalue weighted by atomic mass is 10.4. The molecular weight excluding hydrogens is 178 g/mol. The molecule has 0 saturated carbocycles. The zero-order chi connectivity index (χ0) is 10.1. The molecule has 0 aliphatic heterocycles. The number of aromatic nitrogens is 3. The lowest BCUT2D eigenvalue weighted by molar-refractivity contribution is 0.399. The van der Waals surface area contributed by atoms with Gasteiger partial charge in [-0.15, -0.1) is 0 Å². The fourth-order valence-corrected chi connectivity index (χ4v) is 1.59. The Morgan fingerprint density at radius 2 is 2.14 bits per heavy atom. The summed E-state index contributed by atoms with van der Waals surface area (Å²) in [5.41, 5.74) is 1.81. The summed E-state index contributed by atoms with van der Waals surface area (Å²) < 4.78 is 7.15. The molecule has 2 heterocycles. The van der Waals surface area contributed by atoms with E-state index in [0.29, 0.717) is 5.88 Å². The van der Waals surface area contributed by atoms with Crippen molar-refractivity contribution in [2.75, 3.05) is 7.11 Å². The maximum atomic E-state index is 5.08. The first-order valence-electron chi connectivity index (χ1n) is 4.64. The summed E-state index contributed by atoms with van der Waals surface area (Å²) in [6.07, 6.45) is 0. The van der Waals surface area contributed by atoms with E-state index < -0.39 is 0 Å². The molecule has 4 nitrogen and oxygen atoms in total. The highest BCUT2D eigenvalue weighted by Gasteiger charge is 2.07. The van der Waals surface area contributed by atoms with Crippen LogP contribution in [0.5, 0.6) is 5.88 Å². The van der Waals surface area contributed by atoms with Crippen LogP contribution in [-0.2, 0) is 6.54 Å². The van der Waals surface area contributed by atoms with Gasteiger partial charge in [0.1, 0.15) is 11.3 Å². The third kappa shape index (κ3) is 1.23. The molecule has 14 heavy (non-hydrogen) atoms. The van der Waals surface area contributed by atoms with E-state index in [1.165, 1.54) is 0 Å². The summed E-state index contributed by atoms with van der Waals surface area (Å²) in [6.45, 7) is 4.94. The highest BCUT2D eigenvalue weighted by Crippen LogP contribution is 2.17. The molecule has 0 aromatic carbocycles. The average Bonchev–Trinajstić information content (AvgIpc) is 2.52. The van der Waals surface area contributed by atoms with Gasteiger partial charge < -0.3 is 9.30 Å². The third-order valence-electron chi connectivity index (χ3n) is 2.28. The molecule has 4 heteroatoms. The van der Waals surface area contributed by atoms with Crippen LogP contribution in [0.25, 0.3) is 11.2 Å². The second-order valence-electron chi connectivity index (χ2n) is 3.10. The van der Waals surface area contributed by atoms with Crippen LogP contribution in [0.2, 0.25) is 0 Å². The van der Waals surface area contributed by atoms with Gasteiger partial charge in [0, 0.05) is 12.6 Å². The first kappa shape index (κ1) is 8.99. The molecule has 0 radical (unpaired) electrons. The maximum absolute atomic E-state index is 5.08. The number of methoxy groups -OCH3 is 1. The number of nitrogens with zero attached hydrogens (tertiary/aromatic N) is 3. The predicted molar refractivity (Wildman–Crippen MR) is 54.5 cm³/mol. The van der Waals surface area contributed by atoms with Crippen molar-refractivity contribution in [2.45, 2.75) is 20.4 Å². The number of rotatable bonds is 2. The smallest absolute Gasteiger partial charge is 0.215 e. The van der Waals surface area contributed by atoms with Crippen LogP contribution >= 0.6 is 0 Å². The Bertz CT molecular complexity index is 462. The van der Waals surface area contributed by atoms with Gasteiger partial charge >= 0.3 is 0 Å². The Hall–Kier alpha value is -1.58. The largest absolute Gasteiger partial charge is 0.481 e. The molecule has 0 bridgehead atoms. The van der Waals surface area contributed by atoms with E-state index in [1.54, 1.807) is 7.11 Å². The van der Waals surface area contributed by atoms with E-state index >= 15 is 0 Å². The summed E-state index contributed by atoms with van der Waals surface area (Å²) in [4.78, 5) is 8.77. The highest BCUT2D eigenvalue weighted by molar-refractivity contribution is 5.72. The standard InChI is InChI=1S/C10H13N3O/c1-4-13-7(2)11-8-5-6-9(14-3)12-10(8)13/h5-6H,4H2,1-3H3. The van der Waals surface area contributed by atoms with Gasteiger partial charge in [0.2, 0.25) is 5.88 Å². The van der Waals surface area contributed by atoms with Crippen molar-refractivity contribution in [3.63, 3.8) is 0 Å². The van der Waals surface area contributed by atoms with Gasteiger partial charge in [-0.2, -0.15) is 4.98 Å². The molecule has 0 aliphatic rings. The van der Waals surface area contributed by atoms with Crippen LogP contribution in [0.1, 0.15) is 12.7 Å². The molecule has 0 aliphatic carbocycles. The second-order valence-corrected chi connectivity index (χ2v) is 3.10. The molecule has 2 rings (SSSR count). The van der Waals surface area contributed by atoms with Gasteiger partial charge in [0.25, 0.3) is 0 Å². The first-order chi connectivity index (χ1) is 6.76. The van der Waals surface area contributed by atoms with Crippen molar-refractivity contribution in [3.8, 4) is 5.88 Å². The van der Waals surface area contributed by atoms with Crippen molar-refractivity contribution in [3.05, 3.63) is 18.0 Å². The van der Waals surface area contributed by atoms with E-state index in [-0.39, 0.29) is 0 Å². The van der Waals surface area contributed by atoms with Crippen LogP contribution in [-0.4, -0.2) is 21.6 Å². The number of ether oxygens (including phenoxy) is 1. The fraction of sp³-hybridized carbons (Fsp3) is 0.400. The van der Waals surface area contributed by atoms with Crippen molar-refractivity contribution in [2.24, 2.45) is 0 Å². The van der Waals surface area contributed by atoms with Gasteiger partial charge in [0.05, 0.1) is 7.11 Å². The maximum Gasteiger partial charge on any atom is 0.215 e. The van der Waals surface area contributed by atoms with Crippen molar-refractivity contribution in [1.82, 2.24) is 14.5 Å². The van der Waals surface area contributed by atoms with Crippen molar-refractivity contribution >= 4 is 11.2 Å². The van der Waals surface area contributed by atoms with Crippen LogP contribution in [0, 0.1) is 6.92 Å². The predicted octanol–water partition coefficient (Wildman–Crippen LogP) is 1.77. The summed E-state index contributed by atoms with van der Waals surface area (Å²) in [7, 11) is 1.62. The Labute approximate surface area is 82.5 Å². The number of imidazole rings is 1. The summed E-state index contributed by atoms with van der Waals surface area (Å²) in [5.74, 6) is 1.62. The highest BCUT2D eigenvalue weighted by atomic mass is 16.5. The minimum absolute atomic E-state index is 0.632. The summed E-state index contributed by atoms with van der Waals surface area (Å²) >= 11 is 0. The van der Waals surface area contributed by atoms with Gasteiger partial charge in [-0.05, 0) is 19.9 Å². The molecule has 74 valence electrons. The molecule has 0 atom stereocenters. The summed E-state index contributed by atoms with van der Waals surface area (Å²) in [5, 5.41) is 0. The monoisotopic (exact) mass is 191 g/mol. The number of hydrogen-bond donors (Lipinski definition) is 0. The Kier molecular flexibility index (Phi) is 2.11. The summed E-state index contributed by atoms with van der Waals surface area (Å²) in [6, 6.07) is 3.76. The van der Waals surface area contributed by atoms with E-state index in [0.717, 1.165) is 23.5 Å². The number of aryl methyl sites for hydroxylation is 2. The average molecular weight is 191 g/mol. The van der Waals surface area contributed by atoms with Crippen LogP contribution in [0.4, 0.5) is 0 Å². The third-order valence-corrected chi connectivity index (χ3v) is 2.28. The van der Waals surface area contributed by atoms with E-state index in [2.05, 4.69) is 21.5 Å². The number of hydrogen-bond acceptors (Lipinski definition) is 3. The quantitative estimate of drug-likeness (QED) is 0.726. The molecule has 0 saturated heterocycles. The zero-order valence-electron chi connectivity index (χ0n) is 8.61. The fourth-order valence-electron chi connectivity index (χ4n) is 1.59. The second kappa shape index (κ2) is 3.29. The van der Waals surface area contributed by atoms with Crippen molar-refractivity contribution < 1.29 is 4.74 Å². The van der Waals surface area contributed by atoms with Crippen LogP contribution in [0.15, 0.2) is 12.1 Å². The molecule has 0 N–H and O–H groups in total. The Balaban J connectivity index is 2.71. The molecular formula is C10H13N3O. The van der Waals surface area contributed by atoms with E-state index in [1.807, 2.05) is 19.1 Å². The zero-order valence-corrected chi connectivity index (χ0v) is 8.61. The Morgan fingerprint density at radius 3 is 2.79 bits per heavy atom. The van der Waals surface area contributed by atoms with Gasteiger partial charge in [-0.3, -0.25) is 0 Å². The SMILES string of the molecule is CCn1c(C)nc2ccc(OC)nc21. The minimum atomic E-state index is 0.632. The van der Waals surface area contributed by atoms with Gasteiger partial charge in [0.15, 0.2) is 5.65 Å².